The van der Waals surface area contributed by atoms with Crippen molar-refractivity contribution in [2.45, 2.75) is 25.8 Å². The highest BCUT2D eigenvalue weighted by Gasteiger charge is 2.07. The Morgan fingerprint density at radius 2 is 1.81 bits per heavy atom. The maximum Gasteiger partial charge on any atom is 0.115 e. The van der Waals surface area contributed by atoms with Gasteiger partial charge in [0.2, 0.25) is 0 Å². The van der Waals surface area contributed by atoms with E-state index in [1.807, 2.05) is 18.2 Å². The average molecular weight is 285 g/mol. The van der Waals surface area contributed by atoms with Crippen LogP contribution in [0.3, 0.4) is 0 Å². The summed E-state index contributed by atoms with van der Waals surface area (Å²) in [6.07, 6.45) is 1.82. The number of hydrogen-bond donors (Lipinski definition) is 2. The van der Waals surface area contributed by atoms with Gasteiger partial charge in [-0.15, -0.1) is 0 Å². The van der Waals surface area contributed by atoms with Crippen molar-refractivity contribution >= 4 is 5.69 Å². The smallest absolute Gasteiger partial charge is 0.115 e. The predicted molar refractivity (Wildman–Crippen MR) is 86.9 cm³/mol. The summed E-state index contributed by atoms with van der Waals surface area (Å²) in [7, 11) is 1.73. The van der Waals surface area contributed by atoms with Gasteiger partial charge in [0, 0.05) is 18.8 Å². The van der Waals surface area contributed by atoms with Crippen LogP contribution in [-0.2, 0) is 17.6 Å². The fraction of sp³-hybridized carbons (Fsp3) is 0.333. The summed E-state index contributed by atoms with van der Waals surface area (Å²) in [4.78, 5) is 0. The van der Waals surface area contributed by atoms with Gasteiger partial charge in [-0.1, -0.05) is 30.3 Å². The summed E-state index contributed by atoms with van der Waals surface area (Å²) in [6.45, 7) is 2.89. The Labute approximate surface area is 126 Å². The molecule has 0 heterocycles. The van der Waals surface area contributed by atoms with E-state index in [2.05, 4.69) is 30.4 Å². The highest BCUT2D eigenvalue weighted by molar-refractivity contribution is 5.52. The van der Waals surface area contributed by atoms with Gasteiger partial charge in [-0.3, -0.25) is 0 Å². The number of methoxy groups -OCH3 is 1. The van der Waals surface area contributed by atoms with Crippen LogP contribution in [0.25, 0.3) is 0 Å². The Morgan fingerprint density at radius 3 is 2.52 bits per heavy atom. The molecular weight excluding hydrogens is 262 g/mol. The lowest BCUT2D eigenvalue weighted by molar-refractivity contribution is 0.202. The lowest BCUT2D eigenvalue weighted by Gasteiger charge is -2.18. The second kappa shape index (κ2) is 7.70. The molecule has 0 aliphatic rings. The van der Waals surface area contributed by atoms with E-state index in [1.54, 1.807) is 19.2 Å². The minimum Gasteiger partial charge on any atom is -0.508 e. The molecule has 3 nitrogen and oxygen atoms in total. The number of nitrogens with one attached hydrogen (secondary N) is 1. The van der Waals surface area contributed by atoms with Crippen LogP contribution in [0.15, 0.2) is 48.5 Å². The van der Waals surface area contributed by atoms with Crippen molar-refractivity contribution in [3.8, 4) is 5.75 Å². The van der Waals surface area contributed by atoms with Gasteiger partial charge in [-0.05, 0) is 49.1 Å². The molecule has 0 radical (unpaired) electrons. The maximum absolute atomic E-state index is 9.32. The molecule has 0 saturated carbocycles. The maximum atomic E-state index is 9.32. The lowest BCUT2D eigenvalue weighted by Crippen LogP contribution is -2.19. The zero-order valence-electron chi connectivity index (χ0n) is 12.7. The van der Waals surface area contributed by atoms with Crippen LogP contribution in [0.2, 0.25) is 0 Å². The molecule has 0 fully saturated rings. The van der Waals surface area contributed by atoms with Crippen LogP contribution in [0.5, 0.6) is 5.75 Å². The van der Waals surface area contributed by atoms with E-state index in [4.69, 9.17) is 4.74 Å². The molecular formula is C18H23NO2. The van der Waals surface area contributed by atoms with E-state index in [9.17, 15) is 5.11 Å². The molecule has 0 aromatic heterocycles. The molecule has 0 amide bonds. The van der Waals surface area contributed by atoms with Crippen LogP contribution < -0.4 is 5.32 Å². The molecule has 2 rings (SSSR count). The van der Waals surface area contributed by atoms with Crippen molar-refractivity contribution in [3.63, 3.8) is 0 Å². The molecule has 2 N–H and O–H groups in total. The van der Waals surface area contributed by atoms with Crippen molar-refractivity contribution in [1.29, 1.82) is 0 Å². The van der Waals surface area contributed by atoms with E-state index in [-0.39, 0.29) is 0 Å². The third kappa shape index (κ3) is 4.80. The largest absolute Gasteiger partial charge is 0.508 e. The number of para-hydroxylation sites is 1. The quantitative estimate of drug-likeness (QED) is 0.816. The van der Waals surface area contributed by atoms with E-state index >= 15 is 0 Å². The first-order valence-corrected chi connectivity index (χ1v) is 7.30. The first-order chi connectivity index (χ1) is 10.2. The molecule has 0 aliphatic carbocycles. The summed E-state index contributed by atoms with van der Waals surface area (Å²) < 4.78 is 5.16. The standard InChI is InChI=1S/C18H23NO2/c1-14(13-15-7-9-17(20)10-8-15)19-18-6-4-3-5-16(18)11-12-21-2/h3-10,14,19-20H,11-13H2,1-2H3. The van der Waals surface area contributed by atoms with Crippen LogP contribution >= 0.6 is 0 Å². The van der Waals surface area contributed by atoms with Gasteiger partial charge in [0.05, 0.1) is 6.61 Å². The van der Waals surface area contributed by atoms with Crippen molar-refractivity contribution in [1.82, 2.24) is 0 Å². The number of phenolic OH excluding ortho intramolecular Hbond substituents is 1. The predicted octanol–water partition coefficient (Wildman–Crippen LogP) is 3.62. The number of rotatable bonds is 7. The number of benzene rings is 2. The number of ether oxygens (including phenoxy) is 1. The monoisotopic (exact) mass is 285 g/mol. The highest BCUT2D eigenvalue weighted by atomic mass is 16.5. The molecule has 0 bridgehead atoms. The van der Waals surface area contributed by atoms with Crippen LogP contribution in [-0.4, -0.2) is 24.9 Å². The average Bonchev–Trinajstić information content (AvgIpc) is 2.49. The molecule has 0 spiro atoms. The summed E-state index contributed by atoms with van der Waals surface area (Å²) in [6, 6.07) is 16.1. The van der Waals surface area contributed by atoms with Crippen molar-refractivity contribution in [2.75, 3.05) is 19.0 Å². The van der Waals surface area contributed by atoms with Gasteiger partial charge in [0.15, 0.2) is 0 Å². The Hall–Kier alpha value is -2.00. The zero-order chi connectivity index (χ0) is 15.1. The van der Waals surface area contributed by atoms with Crippen LogP contribution in [0.4, 0.5) is 5.69 Å². The summed E-state index contributed by atoms with van der Waals surface area (Å²) >= 11 is 0. The Kier molecular flexibility index (Phi) is 5.64. The second-order valence-electron chi connectivity index (χ2n) is 5.32. The Balaban J connectivity index is 1.98. The van der Waals surface area contributed by atoms with Gasteiger partial charge in [-0.25, -0.2) is 0 Å². The van der Waals surface area contributed by atoms with Crippen LogP contribution in [0, 0.1) is 0 Å². The normalized spacial score (nSPS) is 12.1. The fourth-order valence-electron chi connectivity index (χ4n) is 2.39. The van der Waals surface area contributed by atoms with Gasteiger partial charge >= 0.3 is 0 Å². The van der Waals surface area contributed by atoms with E-state index in [1.165, 1.54) is 16.8 Å². The van der Waals surface area contributed by atoms with Crippen molar-refractivity contribution < 1.29 is 9.84 Å². The molecule has 2 aromatic carbocycles. The minimum absolute atomic E-state index is 0.310. The lowest BCUT2D eigenvalue weighted by atomic mass is 10.1. The number of hydrogen-bond acceptors (Lipinski definition) is 3. The molecule has 21 heavy (non-hydrogen) atoms. The van der Waals surface area contributed by atoms with Gasteiger partial charge in [0.25, 0.3) is 0 Å². The Bertz CT molecular complexity index is 551. The summed E-state index contributed by atoms with van der Waals surface area (Å²) in [5.41, 5.74) is 3.65. The van der Waals surface area contributed by atoms with E-state index in [0.717, 1.165) is 19.4 Å². The van der Waals surface area contributed by atoms with E-state index in [0.29, 0.717) is 11.8 Å². The Morgan fingerprint density at radius 1 is 1.10 bits per heavy atom. The third-order valence-corrected chi connectivity index (χ3v) is 3.47. The van der Waals surface area contributed by atoms with E-state index < -0.39 is 0 Å². The summed E-state index contributed by atoms with van der Waals surface area (Å²) in [5, 5.41) is 12.9. The summed E-state index contributed by atoms with van der Waals surface area (Å²) in [5.74, 6) is 0.310. The molecule has 0 aliphatic heterocycles. The number of phenols is 1. The second-order valence-corrected chi connectivity index (χ2v) is 5.32. The first-order valence-electron chi connectivity index (χ1n) is 7.30. The van der Waals surface area contributed by atoms with Gasteiger partial charge in [-0.2, -0.15) is 0 Å². The van der Waals surface area contributed by atoms with Gasteiger partial charge in [0.1, 0.15) is 5.75 Å². The van der Waals surface area contributed by atoms with Crippen LogP contribution in [0.1, 0.15) is 18.1 Å². The number of aromatic hydroxyl groups is 1. The minimum atomic E-state index is 0.310. The van der Waals surface area contributed by atoms with Crippen molar-refractivity contribution in [3.05, 3.63) is 59.7 Å². The topological polar surface area (TPSA) is 41.5 Å². The zero-order valence-corrected chi connectivity index (χ0v) is 12.7. The molecule has 2 aromatic rings. The molecule has 1 atom stereocenters. The molecule has 0 saturated heterocycles. The van der Waals surface area contributed by atoms with Crippen molar-refractivity contribution in [2.24, 2.45) is 0 Å². The molecule has 112 valence electrons. The fourth-order valence-corrected chi connectivity index (χ4v) is 2.39. The molecule has 3 heteroatoms. The highest BCUT2D eigenvalue weighted by Crippen LogP contribution is 2.18. The van der Waals surface area contributed by atoms with Gasteiger partial charge < -0.3 is 15.2 Å². The number of anilines is 1. The third-order valence-electron chi connectivity index (χ3n) is 3.47. The first kappa shape index (κ1) is 15.4. The SMILES string of the molecule is COCCc1ccccc1NC(C)Cc1ccc(O)cc1. The molecule has 1 unspecified atom stereocenters.